The molecule has 1 atom stereocenters. The summed E-state index contributed by atoms with van der Waals surface area (Å²) in [6.45, 7) is 5.11. The van der Waals surface area contributed by atoms with Gasteiger partial charge in [0, 0.05) is 11.3 Å². The van der Waals surface area contributed by atoms with Gasteiger partial charge in [0.15, 0.2) is 0 Å². The number of carboxylic acids is 1. The number of hydrogen-bond donors (Lipinski definition) is 3. The first kappa shape index (κ1) is 20.1. The lowest BCUT2D eigenvalue weighted by Crippen LogP contribution is -2.44. The minimum Gasteiger partial charge on any atom is -0.480 e. The van der Waals surface area contributed by atoms with Crippen LogP contribution in [0.25, 0.3) is 0 Å². The number of rotatable bonds is 6. The molecule has 2 rings (SSSR count). The highest BCUT2D eigenvalue weighted by molar-refractivity contribution is 6.06. The Balaban J connectivity index is 2.23. The van der Waals surface area contributed by atoms with E-state index >= 15 is 0 Å². The molecule has 142 valence electrons. The van der Waals surface area contributed by atoms with Gasteiger partial charge in [0.1, 0.15) is 11.9 Å². The molecule has 2 aromatic rings. The summed E-state index contributed by atoms with van der Waals surface area (Å²) in [5, 5.41) is 14.2. The Labute approximate surface area is 156 Å². The van der Waals surface area contributed by atoms with Crippen LogP contribution in [0.3, 0.4) is 0 Å². The first-order valence-electron chi connectivity index (χ1n) is 8.41. The van der Waals surface area contributed by atoms with Gasteiger partial charge in [-0.25, -0.2) is 9.18 Å². The van der Waals surface area contributed by atoms with Crippen molar-refractivity contribution in [1.82, 2.24) is 5.32 Å². The van der Waals surface area contributed by atoms with Crippen molar-refractivity contribution in [2.45, 2.75) is 26.8 Å². The molecule has 3 N–H and O–H groups in total. The molecule has 0 spiro atoms. The zero-order valence-electron chi connectivity index (χ0n) is 15.2. The number of aliphatic carboxylic acids is 1. The summed E-state index contributed by atoms with van der Waals surface area (Å²) >= 11 is 0. The largest absolute Gasteiger partial charge is 0.480 e. The topological polar surface area (TPSA) is 95.5 Å². The monoisotopic (exact) mass is 372 g/mol. The van der Waals surface area contributed by atoms with Gasteiger partial charge in [-0.15, -0.1) is 0 Å². The first-order valence-corrected chi connectivity index (χ1v) is 8.41. The van der Waals surface area contributed by atoms with E-state index in [2.05, 4.69) is 10.6 Å². The second-order valence-corrected chi connectivity index (χ2v) is 6.50. The molecule has 7 heteroatoms. The van der Waals surface area contributed by atoms with Gasteiger partial charge in [0.25, 0.3) is 11.8 Å². The average molecular weight is 372 g/mol. The van der Waals surface area contributed by atoms with Gasteiger partial charge < -0.3 is 15.7 Å². The summed E-state index contributed by atoms with van der Waals surface area (Å²) in [6.07, 6.45) is 0. The van der Waals surface area contributed by atoms with E-state index < -0.39 is 29.6 Å². The minimum atomic E-state index is -1.13. The molecule has 0 unspecified atom stereocenters. The van der Waals surface area contributed by atoms with Gasteiger partial charge in [-0.05, 0) is 42.7 Å². The lowest BCUT2D eigenvalue weighted by Gasteiger charge is -2.18. The Morgan fingerprint density at radius 1 is 1.04 bits per heavy atom. The number of carbonyl (C=O) groups is 3. The third-order valence-electron chi connectivity index (χ3n) is 4.09. The third kappa shape index (κ3) is 4.91. The number of carbonyl (C=O) groups excluding carboxylic acids is 2. The van der Waals surface area contributed by atoms with Crippen LogP contribution in [0, 0.1) is 18.7 Å². The predicted octanol–water partition coefficient (Wildman–Crippen LogP) is 3.23. The molecule has 0 saturated heterocycles. The van der Waals surface area contributed by atoms with E-state index in [-0.39, 0.29) is 17.0 Å². The SMILES string of the molecule is Cc1ccc(C(=O)N[C@@H](C(=O)O)C(C)C)cc1NC(=O)c1ccccc1F. The number of halogens is 1. The first-order chi connectivity index (χ1) is 12.7. The van der Waals surface area contributed by atoms with Crippen LogP contribution in [0.4, 0.5) is 10.1 Å². The predicted molar refractivity (Wildman–Crippen MR) is 99.3 cm³/mol. The summed E-state index contributed by atoms with van der Waals surface area (Å²) in [7, 11) is 0. The number of nitrogens with one attached hydrogen (secondary N) is 2. The van der Waals surface area contributed by atoms with Gasteiger partial charge in [0.2, 0.25) is 0 Å². The van der Waals surface area contributed by atoms with Crippen molar-refractivity contribution in [2.24, 2.45) is 5.92 Å². The van der Waals surface area contributed by atoms with Crippen LogP contribution in [0.2, 0.25) is 0 Å². The van der Waals surface area contributed by atoms with Crippen molar-refractivity contribution in [3.63, 3.8) is 0 Å². The molecule has 0 aliphatic carbocycles. The molecule has 2 amide bonds. The summed E-state index contributed by atoms with van der Waals surface area (Å²) in [6, 6.07) is 9.13. The van der Waals surface area contributed by atoms with Gasteiger partial charge in [-0.1, -0.05) is 32.0 Å². The van der Waals surface area contributed by atoms with Crippen LogP contribution in [0.5, 0.6) is 0 Å². The van der Waals surface area contributed by atoms with Crippen molar-refractivity contribution in [1.29, 1.82) is 0 Å². The maximum atomic E-state index is 13.8. The molecule has 0 bridgehead atoms. The molecule has 0 saturated carbocycles. The molecule has 2 aromatic carbocycles. The highest BCUT2D eigenvalue weighted by Gasteiger charge is 2.24. The summed E-state index contributed by atoms with van der Waals surface area (Å²) in [4.78, 5) is 35.9. The van der Waals surface area contributed by atoms with Gasteiger partial charge in [-0.2, -0.15) is 0 Å². The van der Waals surface area contributed by atoms with Crippen molar-refractivity contribution in [2.75, 3.05) is 5.32 Å². The lowest BCUT2D eigenvalue weighted by atomic mass is 10.0. The van der Waals surface area contributed by atoms with E-state index in [4.69, 9.17) is 0 Å². The van der Waals surface area contributed by atoms with E-state index in [9.17, 15) is 23.9 Å². The van der Waals surface area contributed by atoms with Crippen LogP contribution < -0.4 is 10.6 Å². The summed E-state index contributed by atoms with van der Waals surface area (Å²) < 4.78 is 13.8. The summed E-state index contributed by atoms with van der Waals surface area (Å²) in [5.74, 6) is -3.28. The molecular weight excluding hydrogens is 351 g/mol. The zero-order chi connectivity index (χ0) is 20.1. The Kier molecular flexibility index (Phi) is 6.28. The normalized spacial score (nSPS) is 11.7. The van der Waals surface area contributed by atoms with Crippen LogP contribution in [-0.2, 0) is 4.79 Å². The molecule has 0 aliphatic rings. The van der Waals surface area contributed by atoms with Crippen molar-refractivity contribution in [3.05, 3.63) is 65.0 Å². The average Bonchev–Trinajstić information content (AvgIpc) is 2.61. The molecule has 0 radical (unpaired) electrons. The van der Waals surface area contributed by atoms with Crippen LogP contribution in [-0.4, -0.2) is 28.9 Å². The van der Waals surface area contributed by atoms with E-state index in [1.807, 2.05) is 0 Å². The molecule has 27 heavy (non-hydrogen) atoms. The number of benzene rings is 2. The number of carboxylic acid groups (broad SMARTS) is 1. The van der Waals surface area contributed by atoms with Crippen molar-refractivity contribution >= 4 is 23.5 Å². The third-order valence-corrected chi connectivity index (χ3v) is 4.09. The standard InChI is InChI=1S/C20H21FN2O4/c1-11(2)17(20(26)27)23-18(24)13-9-8-12(3)16(10-13)22-19(25)14-6-4-5-7-15(14)21/h4-11,17H,1-3H3,(H,22,25)(H,23,24)(H,26,27)/t17-/m1/s1. The Hall–Kier alpha value is -3.22. The highest BCUT2D eigenvalue weighted by atomic mass is 19.1. The summed E-state index contributed by atoms with van der Waals surface area (Å²) in [5.41, 5.74) is 1.09. The fraction of sp³-hybridized carbons (Fsp3) is 0.250. The molecular formula is C20H21FN2O4. The van der Waals surface area contributed by atoms with Gasteiger partial charge in [0.05, 0.1) is 5.56 Å². The van der Waals surface area contributed by atoms with E-state index in [1.54, 1.807) is 32.9 Å². The van der Waals surface area contributed by atoms with Crippen molar-refractivity contribution in [3.8, 4) is 0 Å². The Morgan fingerprint density at radius 2 is 1.70 bits per heavy atom. The number of anilines is 1. The number of amides is 2. The smallest absolute Gasteiger partial charge is 0.326 e. The van der Waals surface area contributed by atoms with E-state index in [1.165, 1.54) is 30.3 Å². The molecule has 0 heterocycles. The van der Waals surface area contributed by atoms with E-state index in [0.717, 1.165) is 0 Å². The number of aryl methyl sites for hydroxylation is 1. The molecule has 0 aromatic heterocycles. The van der Waals surface area contributed by atoms with Crippen molar-refractivity contribution < 1.29 is 23.9 Å². The van der Waals surface area contributed by atoms with E-state index in [0.29, 0.717) is 11.3 Å². The quantitative estimate of drug-likeness (QED) is 0.725. The van der Waals surface area contributed by atoms with Crippen LogP contribution >= 0.6 is 0 Å². The van der Waals surface area contributed by atoms with Gasteiger partial charge >= 0.3 is 5.97 Å². The second-order valence-electron chi connectivity index (χ2n) is 6.50. The highest BCUT2D eigenvalue weighted by Crippen LogP contribution is 2.19. The zero-order valence-corrected chi connectivity index (χ0v) is 15.2. The lowest BCUT2D eigenvalue weighted by molar-refractivity contribution is -0.140. The second kappa shape index (κ2) is 8.44. The maximum absolute atomic E-state index is 13.8. The van der Waals surface area contributed by atoms with Crippen LogP contribution in [0.15, 0.2) is 42.5 Å². The molecule has 0 aliphatic heterocycles. The fourth-order valence-electron chi connectivity index (χ4n) is 2.47. The maximum Gasteiger partial charge on any atom is 0.326 e. The van der Waals surface area contributed by atoms with Crippen LogP contribution in [0.1, 0.15) is 40.1 Å². The number of hydrogen-bond acceptors (Lipinski definition) is 3. The minimum absolute atomic E-state index is 0.113. The fourth-order valence-corrected chi connectivity index (χ4v) is 2.47. The van der Waals surface area contributed by atoms with Gasteiger partial charge in [-0.3, -0.25) is 9.59 Å². The molecule has 0 fully saturated rings. The molecule has 6 nitrogen and oxygen atoms in total. The Bertz CT molecular complexity index is 880. The Morgan fingerprint density at radius 3 is 2.30 bits per heavy atom.